The standard InChI is InChI=1S/C6H7N3OS/c7-6(8)11-5-3-1-2-4-9(5)10/h1-4H,(H3,7,8). The molecule has 0 bridgehead atoms. The van der Waals surface area contributed by atoms with Crippen molar-refractivity contribution >= 4 is 16.9 Å². The van der Waals surface area contributed by atoms with Crippen LogP contribution in [-0.2, 0) is 0 Å². The predicted octanol–water partition coefficient (Wildman–Crippen LogP) is 0.306. The first-order valence-corrected chi connectivity index (χ1v) is 3.72. The first-order valence-electron chi connectivity index (χ1n) is 2.90. The van der Waals surface area contributed by atoms with Gasteiger partial charge in [0, 0.05) is 23.9 Å². The van der Waals surface area contributed by atoms with Crippen molar-refractivity contribution in [2.24, 2.45) is 5.73 Å². The van der Waals surface area contributed by atoms with Crippen LogP contribution in [-0.4, -0.2) is 5.17 Å². The van der Waals surface area contributed by atoms with Crippen molar-refractivity contribution in [3.05, 3.63) is 29.6 Å². The molecule has 0 unspecified atom stereocenters. The van der Waals surface area contributed by atoms with E-state index in [1.165, 1.54) is 6.20 Å². The van der Waals surface area contributed by atoms with Gasteiger partial charge in [0.1, 0.15) is 0 Å². The number of rotatable bonds is 1. The Labute approximate surface area is 68.1 Å². The molecule has 1 aromatic rings. The van der Waals surface area contributed by atoms with Gasteiger partial charge >= 0.3 is 0 Å². The molecule has 0 aliphatic rings. The molecule has 0 atom stereocenters. The van der Waals surface area contributed by atoms with E-state index in [9.17, 15) is 5.21 Å². The molecule has 0 amide bonds. The molecule has 0 radical (unpaired) electrons. The van der Waals surface area contributed by atoms with E-state index in [0.29, 0.717) is 9.76 Å². The minimum absolute atomic E-state index is 0.0826. The molecule has 0 saturated carbocycles. The van der Waals surface area contributed by atoms with Gasteiger partial charge in [-0.2, -0.15) is 4.73 Å². The van der Waals surface area contributed by atoms with Crippen LogP contribution >= 0.6 is 11.8 Å². The average Bonchev–Trinajstić information content (AvgIpc) is 1.93. The van der Waals surface area contributed by atoms with Crippen molar-refractivity contribution in [3.8, 4) is 0 Å². The van der Waals surface area contributed by atoms with Gasteiger partial charge in [0.2, 0.25) is 0 Å². The van der Waals surface area contributed by atoms with E-state index in [1.54, 1.807) is 18.2 Å². The molecule has 0 aromatic carbocycles. The Hall–Kier alpha value is -1.23. The number of thioether (sulfide) groups is 1. The van der Waals surface area contributed by atoms with Crippen LogP contribution < -0.4 is 10.5 Å². The zero-order chi connectivity index (χ0) is 8.27. The zero-order valence-electron chi connectivity index (χ0n) is 5.65. The van der Waals surface area contributed by atoms with Crippen LogP contribution in [0.1, 0.15) is 0 Å². The maximum Gasteiger partial charge on any atom is 0.259 e. The molecule has 0 saturated heterocycles. The highest BCUT2D eigenvalue weighted by Crippen LogP contribution is 2.10. The molecular formula is C6H7N3OS. The fourth-order valence-electron chi connectivity index (χ4n) is 0.604. The molecule has 5 heteroatoms. The van der Waals surface area contributed by atoms with Crippen LogP contribution in [0.2, 0.25) is 0 Å². The summed E-state index contributed by atoms with van der Waals surface area (Å²) >= 11 is 0.937. The van der Waals surface area contributed by atoms with Gasteiger partial charge in [0.25, 0.3) is 5.03 Å². The van der Waals surface area contributed by atoms with Crippen LogP contribution in [0.5, 0.6) is 0 Å². The number of amidine groups is 1. The minimum atomic E-state index is -0.0826. The third-order valence-electron chi connectivity index (χ3n) is 1.00. The van der Waals surface area contributed by atoms with Crippen LogP contribution in [0.25, 0.3) is 0 Å². The lowest BCUT2D eigenvalue weighted by Crippen LogP contribution is -2.28. The van der Waals surface area contributed by atoms with E-state index in [2.05, 4.69) is 0 Å². The van der Waals surface area contributed by atoms with Gasteiger partial charge in [0.15, 0.2) is 11.4 Å². The Balaban J connectivity index is 2.86. The number of nitrogens with zero attached hydrogens (tertiary/aromatic N) is 1. The number of hydrogen-bond donors (Lipinski definition) is 2. The van der Waals surface area contributed by atoms with Crippen molar-refractivity contribution in [1.82, 2.24) is 0 Å². The first-order chi connectivity index (χ1) is 5.20. The molecule has 4 nitrogen and oxygen atoms in total. The molecule has 0 spiro atoms. The van der Waals surface area contributed by atoms with Crippen LogP contribution in [0.3, 0.4) is 0 Å². The van der Waals surface area contributed by atoms with Crippen molar-refractivity contribution < 1.29 is 4.73 Å². The van der Waals surface area contributed by atoms with E-state index in [1.807, 2.05) is 0 Å². The van der Waals surface area contributed by atoms with Gasteiger partial charge in [-0.25, -0.2) is 0 Å². The normalized spacial score (nSPS) is 9.45. The second-order valence-electron chi connectivity index (χ2n) is 1.83. The molecule has 0 aliphatic carbocycles. The van der Waals surface area contributed by atoms with Gasteiger partial charge in [-0.1, -0.05) is 0 Å². The van der Waals surface area contributed by atoms with Crippen LogP contribution in [0.4, 0.5) is 0 Å². The molecule has 58 valence electrons. The minimum Gasteiger partial charge on any atom is -0.618 e. The van der Waals surface area contributed by atoms with E-state index in [0.717, 1.165) is 11.8 Å². The van der Waals surface area contributed by atoms with Gasteiger partial charge < -0.3 is 10.9 Å². The smallest absolute Gasteiger partial charge is 0.259 e. The van der Waals surface area contributed by atoms with Gasteiger partial charge in [-0.05, 0) is 6.07 Å². The molecule has 11 heavy (non-hydrogen) atoms. The monoisotopic (exact) mass is 169 g/mol. The van der Waals surface area contributed by atoms with E-state index < -0.39 is 0 Å². The summed E-state index contributed by atoms with van der Waals surface area (Å²) in [5, 5.41) is 18.1. The summed E-state index contributed by atoms with van der Waals surface area (Å²) in [6.07, 6.45) is 1.37. The third-order valence-corrected chi connectivity index (χ3v) is 1.75. The van der Waals surface area contributed by atoms with Crippen molar-refractivity contribution in [2.75, 3.05) is 0 Å². The summed E-state index contributed by atoms with van der Waals surface area (Å²) in [5.74, 6) is 0. The summed E-state index contributed by atoms with van der Waals surface area (Å²) in [5.41, 5.74) is 5.09. The topological polar surface area (TPSA) is 76.8 Å². The Morgan fingerprint density at radius 2 is 2.36 bits per heavy atom. The van der Waals surface area contributed by atoms with Gasteiger partial charge in [0.05, 0.1) is 0 Å². The number of aromatic nitrogens is 1. The molecule has 0 aliphatic heterocycles. The fourth-order valence-corrected chi connectivity index (χ4v) is 1.13. The maximum absolute atomic E-state index is 10.9. The lowest BCUT2D eigenvalue weighted by Gasteiger charge is -2.00. The summed E-state index contributed by atoms with van der Waals surface area (Å²) in [6.45, 7) is 0. The predicted molar refractivity (Wildman–Crippen MR) is 43.2 cm³/mol. The maximum atomic E-state index is 10.9. The largest absolute Gasteiger partial charge is 0.618 e. The number of hydrogen-bond acceptors (Lipinski definition) is 3. The highest BCUT2D eigenvalue weighted by molar-refractivity contribution is 8.13. The molecule has 1 aromatic heterocycles. The fraction of sp³-hybridized carbons (Fsp3) is 0. The van der Waals surface area contributed by atoms with E-state index in [4.69, 9.17) is 11.1 Å². The second kappa shape index (κ2) is 3.25. The zero-order valence-corrected chi connectivity index (χ0v) is 6.47. The van der Waals surface area contributed by atoms with E-state index >= 15 is 0 Å². The summed E-state index contributed by atoms with van der Waals surface area (Å²) < 4.78 is 0.673. The number of nitrogens with one attached hydrogen (secondary N) is 1. The summed E-state index contributed by atoms with van der Waals surface area (Å²) in [4.78, 5) is 0. The highest BCUT2D eigenvalue weighted by atomic mass is 32.2. The SMILES string of the molecule is N=C(N)Sc1cccc[n+]1[O-]. The quantitative estimate of drug-likeness (QED) is 0.209. The Kier molecular flexibility index (Phi) is 2.32. The molecule has 1 rings (SSSR count). The van der Waals surface area contributed by atoms with E-state index in [-0.39, 0.29) is 5.17 Å². The van der Waals surface area contributed by atoms with Gasteiger partial charge in [-0.15, -0.1) is 0 Å². The van der Waals surface area contributed by atoms with Crippen molar-refractivity contribution in [1.29, 1.82) is 5.41 Å². The molecular weight excluding hydrogens is 162 g/mol. The Morgan fingerprint density at radius 3 is 2.91 bits per heavy atom. The Morgan fingerprint density at radius 1 is 1.64 bits per heavy atom. The van der Waals surface area contributed by atoms with Crippen LogP contribution in [0.15, 0.2) is 29.4 Å². The molecule has 3 N–H and O–H groups in total. The highest BCUT2D eigenvalue weighted by Gasteiger charge is 2.04. The molecule has 0 fully saturated rings. The van der Waals surface area contributed by atoms with Gasteiger partial charge in [-0.3, -0.25) is 5.41 Å². The Bertz CT molecular complexity index is 276. The van der Waals surface area contributed by atoms with Crippen molar-refractivity contribution in [3.63, 3.8) is 0 Å². The second-order valence-corrected chi connectivity index (χ2v) is 2.89. The van der Waals surface area contributed by atoms with Crippen LogP contribution in [0, 0.1) is 10.6 Å². The third kappa shape index (κ3) is 2.12. The molecule has 1 heterocycles. The lowest BCUT2D eigenvalue weighted by molar-refractivity contribution is -0.645. The summed E-state index contributed by atoms with van der Waals surface area (Å²) in [7, 11) is 0. The summed E-state index contributed by atoms with van der Waals surface area (Å²) in [6, 6.07) is 4.95. The number of nitrogens with two attached hydrogens (primary N) is 1. The van der Waals surface area contributed by atoms with Crippen molar-refractivity contribution in [2.45, 2.75) is 5.03 Å². The lowest BCUT2D eigenvalue weighted by atomic mass is 10.5. The average molecular weight is 169 g/mol. The first kappa shape index (κ1) is 7.87. The number of pyridine rings is 1.